The van der Waals surface area contributed by atoms with Gasteiger partial charge in [-0.15, -0.1) is 0 Å². The van der Waals surface area contributed by atoms with Crippen LogP contribution in [-0.2, 0) is 14.3 Å². The third kappa shape index (κ3) is 5.81. The fourth-order valence-electron chi connectivity index (χ4n) is 3.07. The Kier molecular flexibility index (Phi) is 7.45. The van der Waals surface area contributed by atoms with Gasteiger partial charge in [0.05, 0.1) is 22.4 Å². The van der Waals surface area contributed by atoms with Crippen molar-refractivity contribution in [3.8, 4) is 0 Å². The Balaban J connectivity index is 2.08. The molecule has 0 saturated heterocycles. The molecule has 1 aliphatic carbocycles. The number of esters is 1. The zero-order chi connectivity index (χ0) is 21.8. The van der Waals surface area contributed by atoms with Crippen molar-refractivity contribution in [2.75, 3.05) is 11.9 Å². The van der Waals surface area contributed by atoms with Crippen LogP contribution in [0.1, 0.15) is 36.0 Å². The zero-order valence-corrected chi connectivity index (χ0v) is 15.7. The molecule has 1 saturated carbocycles. The van der Waals surface area contributed by atoms with Crippen LogP contribution in [0.25, 0.3) is 0 Å². The summed E-state index contributed by atoms with van der Waals surface area (Å²) in [5.41, 5.74) is -0.114. The standard InChI is InChI=1S/C18H18ClF4NO5/c19-13-6-5-9(7-12(13)15(26)27)24-14(25)10-3-1-2-4-11(10)16(28)29-8-18(22,23)17(20)21/h5-7,10-11,17H,1-4,8H2,(H,24,25)(H,26,27)/t10-,11+/m0/s1. The van der Waals surface area contributed by atoms with E-state index in [2.05, 4.69) is 10.1 Å². The van der Waals surface area contributed by atoms with Crippen molar-refractivity contribution in [3.05, 3.63) is 28.8 Å². The average molecular weight is 440 g/mol. The Morgan fingerprint density at radius 2 is 1.83 bits per heavy atom. The fraction of sp³-hybridized carbons (Fsp3) is 0.500. The van der Waals surface area contributed by atoms with Gasteiger partial charge >= 0.3 is 24.3 Å². The van der Waals surface area contributed by atoms with Gasteiger partial charge in [0.1, 0.15) is 0 Å². The van der Waals surface area contributed by atoms with Crippen LogP contribution in [0.3, 0.4) is 0 Å². The van der Waals surface area contributed by atoms with Crippen molar-refractivity contribution in [2.45, 2.75) is 38.0 Å². The molecule has 2 rings (SSSR count). The molecule has 2 atom stereocenters. The van der Waals surface area contributed by atoms with Gasteiger partial charge in [-0.3, -0.25) is 9.59 Å². The van der Waals surface area contributed by atoms with E-state index < -0.39 is 48.6 Å². The van der Waals surface area contributed by atoms with Crippen LogP contribution in [0.2, 0.25) is 5.02 Å². The minimum atomic E-state index is -4.47. The van der Waals surface area contributed by atoms with Crippen LogP contribution in [0.15, 0.2) is 18.2 Å². The predicted octanol–water partition coefficient (Wildman–Crippen LogP) is 4.23. The van der Waals surface area contributed by atoms with Crippen molar-refractivity contribution in [3.63, 3.8) is 0 Å². The van der Waals surface area contributed by atoms with Gasteiger partial charge in [0.25, 0.3) is 0 Å². The van der Waals surface area contributed by atoms with Crippen molar-refractivity contribution >= 4 is 35.1 Å². The highest BCUT2D eigenvalue weighted by atomic mass is 35.5. The second-order valence-electron chi connectivity index (χ2n) is 6.66. The highest BCUT2D eigenvalue weighted by Crippen LogP contribution is 2.33. The third-order valence-electron chi connectivity index (χ3n) is 4.60. The number of anilines is 1. The first-order valence-corrected chi connectivity index (χ1v) is 9.07. The first-order chi connectivity index (χ1) is 13.5. The van der Waals surface area contributed by atoms with Crippen molar-refractivity contribution in [1.29, 1.82) is 0 Å². The molecule has 0 unspecified atom stereocenters. The molecule has 0 spiro atoms. The van der Waals surface area contributed by atoms with Crippen molar-refractivity contribution in [2.24, 2.45) is 11.8 Å². The van der Waals surface area contributed by atoms with E-state index in [1.54, 1.807) is 0 Å². The fourth-order valence-corrected chi connectivity index (χ4v) is 3.26. The van der Waals surface area contributed by atoms with E-state index in [4.69, 9.17) is 16.7 Å². The lowest BCUT2D eigenvalue weighted by Crippen LogP contribution is -2.40. The Morgan fingerprint density at radius 3 is 2.41 bits per heavy atom. The Morgan fingerprint density at radius 1 is 1.21 bits per heavy atom. The summed E-state index contributed by atoms with van der Waals surface area (Å²) >= 11 is 5.77. The molecular weight excluding hydrogens is 422 g/mol. The van der Waals surface area contributed by atoms with E-state index in [9.17, 15) is 31.9 Å². The summed E-state index contributed by atoms with van der Waals surface area (Å²) in [6.07, 6.45) is -2.40. The number of amides is 1. The average Bonchev–Trinajstić information content (AvgIpc) is 2.67. The first-order valence-electron chi connectivity index (χ1n) is 8.69. The molecule has 2 N–H and O–H groups in total. The Hall–Kier alpha value is -2.36. The number of carboxylic acid groups (broad SMARTS) is 1. The van der Waals surface area contributed by atoms with Gasteiger partial charge in [0, 0.05) is 5.69 Å². The van der Waals surface area contributed by atoms with Gasteiger partial charge in [-0.05, 0) is 31.0 Å². The molecule has 0 radical (unpaired) electrons. The smallest absolute Gasteiger partial charge is 0.340 e. The number of alkyl halides is 4. The van der Waals surface area contributed by atoms with Crippen LogP contribution in [0.4, 0.5) is 23.2 Å². The summed E-state index contributed by atoms with van der Waals surface area (Å²) in [6.45, 7) is -1.77. The number of ether oxygens (including phenoxy) is 1. The number of nitrogens with one attached hydrogen (secondary N) is 1. The van der Waals surface area contributed by atoms with Crippen LogP contribution in [0.5, 0.6) is 0 Å². The second-order valence-corrected chi connectivity index (χ2v) is 7.06. The molecule has 0 heterocycles. The molecule has 1 amide bonds. The number of hydrogen-bond donors (Lipinski definition) is 2. The number of aromatic carboxylic acids is 1. The van der Waals surface area contributed by atoms with Crippen LogP contribution >= 0.6 is 11.6 Å². The summed E-state index contributed by atoms with van der Waals surface area (Å²) in [5, 5.41) is 11.5. The quantitative estimate of drug-likeness (QED) is 0.490. The molecule has 29 heavy (non-hydrogen) atoms. The molecular formula is C18H18ClF4NO5. The zero-order valence-electron chi connectivity index (χ0n) is 15.0. The van der Waals surface area contributed by atoms with E-state index in [-0.39, 0.29) is 29.1 Å². The van der Waals surface area contributed by atoms with Gasteiger partial charge in [0.15, 0.2) is 6.61 Å². The van der Waals surface area contributed by atoms with E-state index in [0.717, 1.165) is 6.07 Å². The lowest BCUT2D eigenvalue weighted by molar-refractivity contribution is -0.184. The molecule has 1 fully saturated rings. The normalized spacial score (nSPS) is 19.7. The topological polar surface area (TPSA) is 92.7 Å². The van der Waals surface area contributed by atoms with Crippen LogP contribution < -0.4 is 5.32 Å². The summed E-state index contributed by atoms with van der Waals surface area (Å²) < 4.78 is 54.8. The van der Waals surface area contributed by atoms with Gasteiger partial charge in [-0.1, -0.05) is 24.4 Å². The molecule has 0 aromatic heterocycles. The largest absolute Gasteiger partial charge is 0.478 e. The Bertz CT molecular complexity index is 790. The highest BCUT2D eigenvalue weighted by molar-refractivity contribution is 6.33. The molecule has 1 aromatic rings. The highest BCUT2D eigenvalue weighted by Gasteiger charge is 2.44. The summed E-state index contributed by atoms with van der Waals surface area (Å²) in [5.74, 6) is -9.55. The Labute approximate surface area is 168 Å². The number of carbonyl (C=O) groups excluding carboxylic acids is 2. The third-order valence-corrected chi connectivity index (χ3v) is 4.93. The molecule has 11 heteroatoms. The summed E-state index contributed by atoms with van der Waals surface area (Å²) in [6, 6.07) is 3.79. The van der Waals surface area contributed by atoms with Gasteiger partial charge in [-0.25, -0.2) is 13.6 Å². The minimum absolute atomic E-state index is 0.0328. The SMILES string of the molecule is O=C(O)c1cc(NC(=O)[C@H]2CCCC[C@H]2C(=O)OCC(F)(F)C(F)F)ccc1Cl. The van der Waals surface area contributed by atoms with Gasteiger partial charge < -0.3 is 15.2 Å². The number of carboxylic acids is 1. The minimum Gasteiger partial charge on any atom is -0.478 e. The second kappa shape index (κ2) is 9.43. The van der Waals surface area contributed by atoms with E-state index >= 15 is 0 Å². The molecule has 0 bridgehead atoms. The molecule has 6 nitrogen and oxygen atoms in total. The maximum absolute atomic E-state index is 13.0. The number of halogens is 5. The molecule has 160 valence electrons. The molecule has 1 aliphatic rings. The lowest BCUT2D eigenvalue weighted by Gasteiger charge is -2.29. The molecule has 1 aromatic carbocycles. The van der Waals surface area contributed by atoms with Crippen molar-refractivity contribution in [1.82, 2.24) is 0 Å². The van der Waals surface area contributed by atoms with E-state index in [0.29, 0.717) is 12.8 Å². The summed E-state index contributed by atoms with van der Waals surface area (Å²) in [4.78, 5) is 35.9. The first kappa shape index (κ1) is 22.9. The maximum Gasteiger partial charge on any atom is 0.340 e. The van der Waals surface area contributed by atoms with E-state index in [1.807, 2.05) is 0 Å². The predicted molar refractivity (Wildman–Crippen MR) is 94.4 cm³/mol. The maximum atomic E-state index is 13.0. The summed E-state index contributed by atoms with van der Waals surface area (Å²) in [7, 11) is 0. The van der Waals surface area contributed by atoms with Gasteiger partial charge in [-0.2, -0.15) is 8.78 Å². The van der Waals surface area contributed by atoms with Gasteiger partial charge in [0.2, 0.25) is 5.91 Å². The number of rotatable bonds is 7. The monoisotopic (exact) mass is 439 g/mol. The lowest BCUT2D eigenvalue weighted by atomic mass is 9.78. The van der Waals surface area contributed by atoms with Crippen LogP contribution in [0, 0.1) is 11.8 Å². The van der Waals surface area contributed by atoms with Crippen molar-refractivity contribution < 1.29 is 41.8 Å². The molecule has 0 aliphatic heterocycles. The number of benzene rings is 1. The van der Waals surface area contributed by atoms with Crippen LogP contribution in [-0.4, -0.2) is 41.9 Å². The number of carbonyl (C=O) groups is 3. The number of hydrogen-bond acceptors (Lipinski definition) is 4. The van der Waals surface area contributed by atoms with E-state index in [1.165, 1.54) is 12.1 Å².